The highest BCUT2D eigenvalue weighted by atomic mass is 14.9. The van der Waals surface area contributed by atoms with Crippen molar-refractivity contribution >= 4 is 0 Å². The highest BCUT2D eigenvalue weighted by Gasteiger charge is 2.05. The van der Waals surface area contributed by atoms with Crippen LogP contribution in [-0.2, 0) is 0 Å². The van der Waals surface area contributed by atoms with E-state index in [-0.39, 0.29) is 1.43 Å². The van der Waals surface area contributed by atoms with Gasteiger partial charge in [-0.25, -0.2) is 0 Å². The normalized spacial score (nSPS) is 34.5. The molecule has 1 rings (SSSR count). The quantitative estimate of drug-likeness (QED) is 0.465. The van der Waals surface area contributed by atoms with E-state index in [9.17, 15) is 0 Å². The van der Waals surface area contributed by atoms with Crippen molar-refractivity contribution in [3.05, 3.63) is 0 Å². The summed E-state index contributed by atoms with van der Waals surface area (Å²) in [6.45, 7) is 3.47. The van der Waals surface area contributed by atoms with Gasteiger partial charge in [-0.2, -0.15) is 0 Å². The maximum absolute atomic E-state index is 3.32. The van der Waals surface area contributed by atoms with Crippen LogP contribution in [0.2, 0.25) is 0 Å². The summed E-state index contributed by atoms with van der Waals surface area (Å²) < 4.78 is 0. The van der Waals surface area contributed by atoms with Crippen molar-refractivity contribution in [1.82, 2.24) is 5.32 Å². The summed E-state index contributed by atoms with van der Waals surface area (Å²) in [5.41, 5.74) is 0. The molecule has 0 aromatic heterocycles. The van der Waals surface area contributed by atoms with Gasteiger partial charge < -0.3 is 5.32 Å². The molecule has 1 heterocycles. The third-order valence-corrected chi connectivity index (χ3v) is 1.31. The molecule has 0 aromatic rings. The summed E-state index contributed by atoms with van der Waals surface area (Å²) in [7, 11) is 0. The van der Waals surface area contributed by atoms with Crippen molar-refractivity contribution < 1.29 is 1.43 Å². The molecular weight excluding hydrogens is 74.1 g/mol. The molecular formula is C5H13N. The average molecular weight is 87.2 g/mol. The molecule has 1 nitrogen and oxygen atoms in total. The molecule has 1 heteroatoms. The minimum Gasteiger partial charge on any atom is -0.314 e. The van der Waals surface area contributed by atoms with E-state index in [0.717, 1.165) is 6.04 Å². The van der Waals surface area contributed by atoms with Crippen molar-refractivity contribution in [2.24, 2.45) is 0 Å². The van der Waals surface area contributed by atoms with E-state index in [2.05, 4.69) is 12.2 Å². The van der Waals surface area contributed by atoms with Gasteiger partial charge in [0.1, 0.15) is 0 Å². The van der Waals surface area contributed by atoms with Gasteiger partial charge in [0.25, 0.3) is 0 Å². The Kier molecular flexibility index (Phi) is 1.10. The van der Waals surface area contributed by atoms with Gasteiger partial charge in [-0.1, -0.05) is 0 Å². The number of hydrogen-bond acceptors (Lipinski definition) is 1. The minimum absolute atomic E-state index is 0. The molecule has 1 atom stereocenters. The summed E-state index contributed by atoms with van der Waals surface area (Å²) in [5, 5.41) is 3.32. The van der Waals surface area contributed by atoms with E-state index in [0.29, 0.717) is 0 Å². The fourth-order valence-electron chi connectivity index (χ4n) is 0.859. The molecule has 0 amide bonds. The molecule has 1 N–H and O–H groups in total. The van der Waals surface area contributed by atoms with Crippen molar-refractivity contribution in [3.8, 4) is 0 Å². The van der Waals surface area contributed by atoms with Gasteiger partial charge in [-0.05, 0) is 26.3 Å². The maximum Gasteiger partial charge on any atom is 0.00391 e. The summed E-state index contributed by atoms with van der Waals surface area (Å²) in [4.78, 5) is 0. The Morgan fingerprint density at radius 1 is 1.83 bits per heavy atom. The predicted molar refractivity (Wildman–Crippen MR) is 28.8 cm³/mol. The highest BCUT2D eigenvalue weighted by molar-refractivity contribution is 4.67. The van der Waals surface area contributed by atoms with Crippen LogP contribution in [0.5, 0.6) is 0 Å². The lowest BCUT2D eigenvalue weighted by Gasteiger charge is -1.95. The summed E-state index contributed by atoms with van der Waals surface area (Å²) in [6.07, 6.45) is 2.75. The molecule has 1 saturated heterocycles. The van der Waals surface area contributed by atoms with Gasteiger partial charge in [0.15, 0.2) is 0 Å². The first-order valence-electron chi connectivity index (χ1n) is 2.63. The Labute approximate surface area is 40.2 Å². The smallest absolute Gasteiger partial charge is 0.00391 e. The van der Waals surface area contributed by atoms with Gasteiger partial charge in [0.2, 0.25) is 0 Å². The lowest BCUT2D eigenvalue weighted by Crippen LogP contribution is -2.16. The third-order valence-electron chi connectivity index (χ3n) is 1.31. The van der Waals surface area contributed by atoms with Crippen LogP contribution in [-0.4, -0.2) is 12.6 Å². The van der Waals surface area contributed by atoms with E-state index in [1.165, 1.54) is 19.4 Å². The first kappa shape index (κ1) is 4.13. The zero-order valence-electron chi connectivity index (χ0n) is 4.20. The Morgan fingerprint density at radius 3 is 2.83 bits per heavy atom. The summed E-state index contributed by atoms with van der Waals surface area (Å²) in [6, 6.07) is 0.796. The zero-order chi connectivity index (χ0) is 4.41. The SMILES string of the molecule is C[C@H]1CCCN1.[HH]. The topological polar surface area (TPSA) is 12.0 Å². The second-order valence-corrected chi connectivity index (χ2v) is 2.00. The molecule has 1 aliphatic heterocycles. The number of nitrogens with one attached hydrogen (secondary N) is 1. The van der Waals surface area contributed by atoms with Gasteiger partial charge in [-0.3, -0.25) is 0 Å². The summed E-state index contributed by atoms with van der Waals surface area (Å²) in [5.74, 6) is 0. The van der Waals surface area contributed by atoms with E-state index in [1.807, 2.05) is 0 Å². The van der Waals surface area contributed by atoms with Crippen molar-refractivity contribution in [2.45, 2.75) is 25.8 Å². The fourth-order valence-corrected chi connectivity index (χ4v) is 0.859. The molecule has 0 saturated carbocycles. The molecule has 6 heavy (non-hydrogen) atoms. The molecule has 0 unspecified atom stereocenters. The van der Waals surface area contributed by atoms with Crippen LogP contribution in [0.25, 0.3) is 0 Å². The molecule has 0 aromatic carbocycles. The van der Waals surface area contributed by atoms with Gasteiger partial charge in [-0.15, -0.1) is 0 Å². The molecule has 0 radical (unpaired) electrons. The van der Waals surface area contributed by atoms with Crippen LogP contribution in [0, 0.1) is 0 Å². The molecule has 38 valence electrons. The van der Waals surface area contributed by atoms with E-state index < -0.39 is 0 Å². The molecule has 0 spiro atoms. The van der Waals surface area contributed by atoms with Crippen molar-refractivity contribution in [2.75, 3.05) is 6.54 Å². The van der Waals surface area contributed by atoms with Crippen LogP contribution in [0.1, 0.15) is 21.2 Å². The first-order chi connectivity index (χ1) is 2.89. The Balaban J connectivity index is 0.000000360. The van der Waals surface area contributed by atoms with E-state index in [1.54, 1.807) is 0 Å². The van der Waals surface area contributed by atoms with Crippen LogP contribution in [0.15, 0.2) is 0 Å². The van der Waals surface area contributed by atoms with Crippen molar-refractivity contribution in [3.63, 3.8) is 0 Å². The minimum atomic E-state index is 0. The van der Waals surface area contributed by atoms with Gasteiger partial charge in [0, 0.05) is 7.47 Å². The number of rotatable bonds is 0. The van der Waals surface area contributed by atoms with Crippen LogP contribution < -0.4 is 5.32 Å². The Bertz CT molecular complexity index is 41.3. The lowest BCUT2D eigenvalue weighted by molar-refractivity contribution is 0.664. The second kappa shape index (κ2) is 1.61. The largest absolute Gasteiger partial charge is 0.314 e. The van der Waals surface area contributed by atoms with E-state index >= 15 is 0 Å². The zero-order valence-corrected chi connectivity index (χ0v) is 4.20. The predicted octanol–water partition coefficient (Wildman–Crippen LogP) is 1.00. The maximum atomic E-state index is 3.32. The van der Waals surface area contributed by atoms with Crippen LogP contribution in [0.4, 0.5) is 0 Å². The number of hydrogen-bond donors (Lipinski definition) is 1. The average Bonchev–Trinajstić information content (AvgIpc) is 1.86. The van der Waals surface area contributed by atoms with Crippen LogP contribution in [0.3, 0.4) is 0 Å². The Hall–Kier alpha value is -0.0400. The molecule has 1 fully saturated rings. The van der Waals surface area contributed by atoms with Crippen molar-refractivity contribution in [1.29, 1.82) is 0 Å². The Morgan fingerprint density at radius 2 is 2.67 bits per heavy atom. The first-order valence-corrected chi connectivity index (χ1v) is 2.63. The molecule has 0 aliphatic carbocycles. The molecule has 1 aliphatic rings. The highest BCUT2D eigenvalue weighted by Crippen LogP contribution is 2.01. The summed E-state index contributed by atoms with van der Waals surface area (Å²) >= 11 is 0. The second-order valence-electron chi connectivity index (χ2n) is 2.00. The van der Waals surface area contributed by atoms with Crippen LogP contribution >= 0.6 is 0 Å². The van der Waals surface area contributed by atoms with E-state index in [4.69, 9.17) is 0 Å². The van der Waals surface area contributed by atoms with Gasteiger partial charge in [0.05, 0.1) is 0 Å². The monoisotopic (exact) mass is 87.1 g/mol. The third kappa shape index (κ3) is 0.716. The fraction of sp³-hybridized carbons (Fsp3) is 1.00. The lowest BCUT2D eigenvalue weighted by atomic mass is 10.3. The molecule has 0 bridgehead atoms. The standard InChI is InChI=1S/C5H11N.H2/c1-5-3-2-4-6-5;/h5-6H,2-4H2,1H3;1H/t5-;/m0./s1. The van der Waals surface area contributed by atoms with Gasteiger partial charge >= 0.3 is 0 Å².